The van der Waals surface area contributed by atoms with Gasteiger partial charge in [-0.2, -0.15) is 0 Å². The fourth-order valence-corrected chi connectivity index (χ4v) is 2.75. The van der Waals surface area contributed by atoms with Crippen LogP contribution in [0.5, 0.6) is 0 Å². The van der Waals surface area contributed by atoms with E-state index in [4.69, 9.17) is 14.5 Å². The molecule has 4 N–H and O–H groups in total. The Morgan fingerprint density at radius 1 is 1.35 bits per heavy atom. The first-order valence-corrected chi connectivity index (χ1v) is 8.55. The lowest BCUT2D eigenvalue weighted by molar-refractivity contribution is 0.162. The molecule has 0 atom stereocenters. The van der Waals surface area contributed by atoms with Crippen molar-refractivity contribution >= 4 is 30.4 Å². The van der Waals surface area contributed by atoms with Gasteiger partial charge in [-0.25, -0.2) is 4.98 Å². The van der Waals surface area contributed by atoms with Crippen LogP contribution in [0, 0.1) is 0 Å². The van der Waals surface area contributed by atoms with Crippen molar-refractivity contribution in [2.24, 2.45) is 0 Å². The smallest absolute Gasteiger partial charge is 0.327 e. The highest BCUT2D eigenvalue weighted by Crippen LogP contribution is 2.33. The van der Waals surface area contributed by atoms with Gasteiger partial charge < -0.3 is 24.5 Å². The van der Waals surface area contributed by atoms with Gasteiger partial charge in [0.05, 0.1) is 30.6 Å². The Hall–Kier alpha value is -1.12. The van der Waals surface area contributed by atoms with Gasteiger partial charge in [0.1, 0.15) is 11.0 Å². The summed E-state index contributed by atoms with van der Waals surface area (Å²) < 4.78 is 15.7. The Labute approximate surface area is 118 Å². The van der Waals surface area contributed by atoms with Crippen molar-refractivity contribution in [2.45, 2.75) is 4.90 Å². The van der Waals surface area contributed by atoms with E-state index >= 15 is 0 Å². The highest BCUT2D eigenvalue weighted by atomic mass is 32.2. The summed E-state index contributed by atoms with van der Waals surface area (Å²) in [6, 6.07) is 0. The fraction of sp³-hybridized carbons (Fsp3) is 0.400. The summed E-state index contributed by atoms with van der Waals surface area (Å²) in [5.74, 6) is 0.600. The number of thioether (sulfide) groups is 1. The monoisotopic (exact) mass is 319 g/mol. The van der Waals surface area contributed by atoms with Crippen molar-refractivity contribution in [3.05, 3.63) is 22.9 Å². The quantitative estimate of drug-likeness (QED) is 0.333. The minimum Gasteiger partial charge on any atom is -0.380 e. The molecule has 0 aliphatic heterocycles. The van der Waals surface area contributed by atoms with Crippen LogP contribution in [-0.2, 0) is 9.30 Å². The van der Waals surface area contributed by atoms with E-state index in [1.54, 1.807) is 6.20 Å². The molecule has 2 aromatic rings. The second-order valence-electron chi connectivity index (χ2n) is 3.96. The average Bonchev–Trinajstić information content (AvgIpc) is 2.77. The Balaban J connectivity index is 1.81. The summed E-state index contributed by atoms with van der Waals surface area (Å²) in [5, 5.41) is 0. The summed E-state index contributed by atoms with van der Waals surface area (Å²) in [7, 11) is -3.99. The van der Waals surface area contributed by atoms with E-state index in [9.17, 15) is 9.36 Å². The first-order valence-electron chi connectivity index (χ1n) is 5.77. The number of nitrogens with zero attached hydrogens (tertiary/aromatic N) is 1. The van der Waals surface area contributed by atoms with Crippen molar-refractivity contribution in [3.8, 4) is 0 Å². The number of aromatic amines is 2. The standard InChI is InChI=1S/C10H14N3O5PS/c14-10-9-8(12-6-13-10)7(5-11-9)20-4-2-18-1-3-19(15,16)17/h5-6,11H,1-4H2,(H,12,13,14)(H2,15,16,17). The van der Waals surface area contributed by atoms with E-state index < -0.39 is 7.60 Å². The molecule has 20 heavy (non-hydrogen) atoms. The van der Waals surface area contributed by atoms with Gasteiger partial charge in [-0.1, -0.05) is 0 Å². The molecule has 0 saturated heterocycles. The third kappa shape index (κ3) is 4.19. The van der Waals surface area contributed by atoms with Gasteiger partial charge >= 0.3 is 7.60 Å². The maximum atomic E-state index is 11.5. The number of H-pyrrole nitrogens is 2. The lowest BCUT2D eigenvalue weighted by atomic mass is 10.5. The Bertz CT molecular complexity index is 679. The van der Waals surface area contributed by atoms with Crippen molar-refractivity contribution in [2.75, 3.05) is 25.1 Å². The summed E-state index contributed by atoms with van der Waals surface area (Å²) >= 11 is 1.46. The highest BCUT2D eigenvalue weighted by Gasteiger charge is 2.12. The molecule has 0 bridgehead atoms. The molecule has 10 heteroatoms. The molecule has 0 spiro atoms. The third-order valence-electron chi connectivity index (χ3n) is 2.45. The van der Waals surface area contributed by atoms with Crippen LogP contribution in [0.2, 0.25) is 0 Å². The van der Waals surface area contributed by atoms with E-state index in [1.807, 2.05) is 0 Å². The summed E-state index contributed by atoms with van der Waals surface area (Å²) in [6.07, 6.45) is 2.77. The zero-order valence-corrected chi connectivity index (χ0v) is 12.1. The van der Waals surface area contributed by atoms with Gasteiger partial charge in [0.2, 0.25) is 0 Å². The maximum Gasteiger partial charge on any atom is 0.327 e. The lowest BCUT2D eigenvalue weighted by Crippen LogP contribution is -2.05. The Kier molecular flexibility index (Phi) is 5.00. The van der Waals surface area contributed by atoms with Crippen LogP contribution in [0.25, 0.3) is 11.0 Å². The normalized spacial score (nSPS) is 12.1. The summed E-state index contributed by atoms with van der Waals surface area (Å²) in [6.45, 7) is 0.386. The largest absolute Gasteiger partial charge is 0.380 e. The van der Waals surface area contributed by atoms with Gasteiger partial charge in [0, 0.05) is 11.9 Å². The molecular weight excluding hydrogens is 305 g/mol. The number of rotatable bonds is 7. The molecule has 0 radical (unpaired) electrons. The van der Waals surface area contributed by atoms with Gasteiger partial charge in [-0.05, 0) is 0 Å². The van der Waals surface area contributed by atoms with Crippen LogP contribution in [0.1, 0.15) is 0 Å². The molecule has 0 unspecified atom stereocenters. The molecule has 0 aliphatic rings. The minimum atomic E-state index is -3.99. The second kappa shape index (κ2) is 6.55. The van der Waals surface area contributed by atoms with Crippen LogP contribution in [0.15, 0.2) is 22.2 Å². The van der Waals surface area contributed by atoms with E-state index in [2.05, 4.69) is 15.0 Å². The van der Waals surface area contributed by atoms with Crippen molar-refractivity contribution in [3.63, 3.8) is 0 Å². The molecule has 0 amide bonds. The lowest BCUT2D eigenvalue weighted by Gasteiger charge is -2.05. The minimum absolute atomic E-state index is 0.0244. The number of ether oxygens (including phenoxy) is 1. The fourth-order valence-electron chi connectivity index (χ4n) is 1.53. The summed E-state index contributed by atoms with van der Waals surface area (Å²) in [4.78, 5) is 39.0. The molecule has 2 rings (SSSR count). The van der Waals surface area contributed by atoms with Crippen molar-refractivity contribution < 1.29 is 19.1 Å². The number of nitrogens with one attached hydrogen (secondary N) is 2. The molecular formula is C10H14N3O5PS. The number of aromatic nitrogens is 3. The second-order valence-corrected chi connectivity index (χ2v) is 6.87. The van der Waals surface area contributed by atoms with E-state index in [0.29, 0.717) is 23.4 Å². The number of hydrogen-bond acceptors (Lipinski definition) is 5. The molecule has 2 aromatic heterocycles. The topological polar surface area (TPSA) is 128 Å². The maximum absolute atomic E-state index is 11.5. The van der Waals surface area contributed by atoms with Crippen LogP contribution in [-0.4, -0.2) is 49.9 Å². The van der Waals surface area contributed by atoms with E-state index in [-0.39, 0.29) is 18.3 Å². The predicted octanol–water partition coefficient (Wildman–Crippen LogP) is 0.538. The molecule has 0 fully saturated rings. The third-order valence-corrected chi connectivity index (χ3v) is 4.20. The van der Waals surface area contributed by atoms with Crippen LogP contribution < -0.4 is 5.56 Å². The molecule has 0 aliphatic carbocycles. The van der Waals surface area contributed by atoms with Gasteiger partial charge in [0.25, 0.3) is 5.56 Å². The predicted molar refractivity (Wildman–Crippen MR) is 75.2 cm³/mol. The Morgan fingerprint density at radius 2 is 2.15 bits per heavy atom. The first-order chi connectivity index (χ1) is 9.47. The van der Waals surface area contributed by atoms with Gasteiger partial charge in [-0.15, -0.1) is 11.8 Å². The summed E-state index contributed by atoms with van der Waals surface area (Å²) in [5.41, 5.74) is 0.811. The first kappa shape index (κ1) is 15.3. The van der Waals surface area contributed by atoms with Gasteiger partial charge in [0.15, 0.2) is 0 Å². The molecule has 110 valence electrons. The zero-order chi connectivity index (χ0) is 14.6. The van der Waals surface area contributed by atoms with Crippen LogP contribution in [0.4, 0.5) is 0 Å². The van der Waals surface area contributed by atoms with E-state index in [0.717, 1.165) is 4.90 Å². The SMILES string of the molecule is O=c1[nH]cnc2c(SCCOCCP(=O)(O)O)c[nH]c12. The number of hydrogen-bond donors (Lipinski definition) is 4. The zero-order valence-electron chi connectivity index (χ0n) is 10.4. The van der Waals surface area contributed by atoms with Crippen molar-refractivity contribution in [1.82, 2.24) is 15.0 Å². The van der Waals surface area contributed by atoms with Gasteiger partial charge in [-0.3, -0.25) is 9.36 Å². The molecule has 2 heterocycles. The van der Waals surface area contributed by atoms with E-state index in [1.165, 1.54) is 18.1 Å². The molecule has 0 saturated carbocycles. The highest BCUT2D eigenvalue weighted by molar-refractivity contribution is 7.99. The molecule has 0 aromatic carbocycles. The van der Waals surface area contributed by atoms with Crippen molar-refractivity contribution in [1.29, 1.82) is 0 Å². The number of fused-ring (bicyclic) bond motifs is 1. The molecule has 8 nitrogen and oxygen atoms in total. The van der Waals surface area contributed by atoms with Crippen LogP contribution >= 0.6 is 19.4 Å². The van der Waals surface area contributed by atoms with Crippen LogP contribution in [0.3, 0.4) is 0 Å². The Morgan fingerprint density at radius 3 is 2.90 bits per heavy atom. The average molecular weight is 319 g/mol.